The van der Waals surface area contributed by atoms with Crippen molar-refractivity contribution in [3.63, 3.8) is 0 Å². The summed E-state index contributed by atoms with van der Waals surface area (Å²) >= 11 is 5.47. The van der Waals surface area contributed by atoms with E-state index in [0.717, 1.165) is 29.8 Å². The Morgan fingerprint density at radius 3 is 2.59 bits per heavy atom. The number of nitrogens with one attached hydrogen (secondary N) is 1. The van der Waals surface area contributed by atoms with Crippen LogP contribution in [0.25, 0.3) is 0 Å². The molecule has 3 heteroatoms. The minimum atomic E-state index is 0.840. The maximum absolute atomic E-state index is 5.47. The number of rotatable bonds is 1. The molecule has 17 heavy (non-hydrogen) atoms. The van der Waals surface area contributed by atoms with Crippen molar-refractivity contribution in [3.05, 3.63) is 29.8 Å². The highest BCUT2D eigenvalue weighted by Gasteiger charge is 2.17. The molecule has 0 spiro atoms. The summed E-state index contributed by atoms with van der Waals surface area (Å²) < 4.78 is 0. The van der Waals surface area contributed by atoms with E-state index in [0.29, 0.717) is 0 Å². The molecular weight excluding hydrogens is 228 g/mol. The molecule has 0 saturated carbocycles. The number of aryl methyl sites for hydroxylation is 1. The van der Waals surface area contributed by atoms with E-state index < -0.39 is 0 Å². The molecule has 0 aliphatic carbocycles. The molecule has 1 heterocycles. The molecule has 1 fully saturated rings. The fraction of sp³-hybridized carbons (Fsp3) is 0.500. The van der Waals surface area contributed by atoms with Gasteiger partial charge < -0.3 is 10.2 Å². The number of likely N-dealkylation sites (tertiary alicyclic amines) is 1. The van der Waals surface area contributed by atoms with Crippen LogP contribution in [-0.4, -0.2) is 23.1 Å². The van der Waals surface area contributed by atoms with Crippen LogP contribution < -0.4 is 5.32 Å². The molecule has 1 aliphatic rings. The highest BCUT2D eigenvalue weighted by molar-refractivity contribution is 7.80. The van der Waals surface area contributed by atoms with Crippen LogP contribution in [0.5, 0.6) is 0 Å². The first-order valence-electron chi connectivity index (χ1n) is 6.28. The van der Waals surface area contributed by atoms with Crippen LogP contribution in [0.1, 0.15) is 25.3 Å². The Morgan fingerprint density at radius 1 is 1.29 bits per heavy atom. The van der Waals surface area contributed by atoms with Crippen LogP contribution in [0, 0.1) is 12.8 Å². The standard InChI is InChI=1S/C14H20N2S/c1-11-7-9-16(10-8-11)14(17)15-13-6-4-3-5-12(13)2/h3-6,11H,7-10H2,1-2H3,(H,15,17). The van der Waals surface area contributed by atoms with Gasteiger partial charge >= 0.3 is 0 Å². The van der Waals surface area contributed by atoms with Gasteiger partial charge in [0.25, 0.3) is 0 Å². The number of anilines is 1. The monoisotopic (exact) mass is 248 g/mol. The number of hydrogen-bond acceptors (Lipinski definition) is 1. The third-order valence-electron chi connectivity index (χ3n) is 3.46. The summed E-state index contributed by atoms with van der Waals surface area (Å²) in [6.07, 6.45) is 2.49. The molecule has 0 aromatic heterocycles. The first-order chi connectivity index (χ1) is 8.16. The van der Waals surface area contributed by atoms with Gasteiger partial charge in [0.05, 0.1) is 0 Å². The van der Waals surface area contributed by atoms with Crippen LogP contribution in [0.15, 0.2) is 24.3 Å². The number of benzene rings is 1. The van der Waals surface area contributed by atoms with Crippen LogP contribution in [-0.2, 0) is 0 Å². The summed E-state index contributed by atoms with van der Waals surface area (Å²) in [7, 11) is 0. The lowest BCUT2D eigenvalue weighted by atomic mass is 10.00. The molecule has 2 nitrogen and oxygen atoms in total. The van der Waals surface area contributed by atoms with Gasteiger partial charge in [0, 0.05) is 18.8 Å². The van der Waals surface area contributed by atoms with Crippen molar-refractivity contribution in [1.29, 1.82) is 0 Å². The van der Waals surface area contributed by atoms with Crippen molar-refractivity contribution >= 4 is 23.0 Å². The Morgan fingerprint density at radius 2 is 1.94 bits per heavy atom. The lowest BCUT2D eigenvalue weighted by molar-refractivity contribution is 0.283. The molecule has 0 bridgehead atoms. The molecule has 0 unspecified atom stereocenters. The van der Waals surface area contributed by atoms with E-state index in [1.165, 1.54) is 18.4 Å². The van der Waals surface area contributed by atoms with Crippen LogP contribution >= 0.6 is 12.2 Å². The zero-order chi connectivity index (χ0) is 12.3. The quantitative estimate of drug-likeness (QED) is 0.767. The number of para-hydroxylation sites is 1. The van der Waals surface area contributed by atoms with E-state index in [1.807, 2.05) is 12.1 Å². The number of thiocarbonyl (C=S) groups is 1. The van der Waals surface area contributed by atoms with Gasteiger partial charge in [-0.05, 0) is 49.5 Å². The Hall–Kier alpha value is -1.09. The summed E-state index contributed by atoms with van der Waals surface area (Å²) in [4.78, 5) is 2.28. The molecular formula is C14H20N2S. The summed E-state index contributed by atoms with van der Waals surface area (Å²) in [5, 5.41) is 4.22. The molecule has 0 amide bonds. The largest absolute Gasteiger partial charge is 0.349 e. The van der Waals surface area contributed by atoms with E-state index in [2.05, 4.69) is 36.2 Å². The fourth-order valence-electron chi connectivity index (χ4n) is 2.12. The Balaban J connectivity index is 1.95. The summed E-state index contributed by atoms with van der Waals surface area (Å²) in [6, 6.07) is 8.26. The maximum atomic E-state index is 5.47. The highest BCUT2D eigenvalue weighted by Crippen LogP contribution is 2.18. The summed E-state index contributed by atoms with van der Waals surface area (Å²) in [5.74, 6) is 0.840. The third-order valence-corrected chi connectivity index (χ3v) is 3.82. The van der Waals surface area contributed by atoms with Crippen molar-refractivity contribution in [3.8, 4) is 0 Å². The van der Waals surface area contributed by atoms with Crippen molar-refractivity contribution in [2.24, 2.45) is 5.92 Å². The third kappa shape index (κ3) is 3.19. The average molecular weight is 248 g/mol. The van der Waals surface area contributed by atoms with Gasteiger partial charge in [0.2, 0.25) is 0 Å². The minimum absolute atomic E-state index is 0.840. The second-order valence-corrected chi connectivity index (χ2v) is 5.30. The molecule has 1 saturated heterocycles. The van der Waals surface area contributed by atoms with E-state index >= 15 is 0 Å². The normalized spacial score (nSPS) is 16.9. The maximum Gasteiger partial charge on any atom is 0.173 e. The lowest BCUT2D eigenvalue weighted by Crippen LogP contribution is -2.40. The van der Waals surface area contributed by atoms with Gasteiger partial charge in [-0.3, -0.25) is 0 Å². The summed E-state index contributed by atoms with van der Waals surface area (Å²) in [6.45, 7) is 6.58. The smallest absolute Gasteiger partial charge is 0.173 e. The van der Waals surface area contributed by atoms with Gasteiger partial charge in [0.1, 0.15) is 0 Å². The Labute approximate surface area is 109 Å². The zero-order valence-corrected chi connectivity index (χ0v) is 11.4. The van der Waals surface area contributed by atoms with Gasteiger partial charge in [-0.1, -0.05) is 25.1 Å². The fourth-order valence-corrected chi connectivity index (χ4v) is 2.41. The van der Waals surface area contributed by atoms with Crippen LogP contribution in [0.3, 0.4) is 0 Å². The molecule has 2 rings (SSSR count). The van der Waals surface area contributed by atoms with E-state index in [4.69, 9.17) is 12.2 Å². The van der Waals surface area contributed by atoms with E-state index in [9.17, 15) is 0 Å². The first kappa shape index (κ1) is 12.4. The molecule has 0 radical (unpaired) electrons. The van der Waals surface area contributed by atoms with Gasteiger partial charge in [0.15, 0.2) is 5.11 Å². The molecule has 1 aromatic rings. The molecule has 1 N–H and O–H groups in total. The summed E-state index contributed by atoms with van der Waals surface area (Å²) in [5.41, 5.74) is 2.36. The predicted octanol–water partition coefficient (Wildman–Crippen LogP) is 3.42. The van der Waals surface area contributed by atoms with Crippen molar-refractivity contribution < 1.29 is 0 Å². The topological polar surface area (TPSA) is 15.3 Å². The van der Waals surface area contributed by atoms with Crippen LogP contribution in [0.2, 0.25) is 0 Å². The number of piperidine rings is 1. The van der Waals surface area contributed by atoms with Crippen molar-refractivity contribution in [1.82, 2.24) is 4.90 Å². The zero-order valence-electron chi connectivity index (χ0n) is 10.6. The number of hydrogen-bond donors (Lipinski definition) is 1. The van der Waals surface area contributed by atoms with Crippen molar-refractivity contribution in [2.45, 2.75) is 26.7 Å². The minimum Gasteiger partial charge on any atom is -0.349 e. The van der Waals surface area contributed by atoms with Gasteiger partial charge in [-0.2, -0.15) is 0 Å². The Bertz CT molecular complexity index is 395. The van der Waals surface area contributed by atoms with Gasteiger partial charge in [-0.15, -0.1) is 0 Å². The second kappa shape index (κ2) is 5.50. The molecule has 1 aromatic carbocycles. The average Bonchev–Trinajstić information content (AvgIpc) is 2.33. The van der Waals surface area contributed by atoms with Gasteiger partial charge in [-0.25, -0.2) is 0 Å². The molecule has 0 atom stereocenters. The molecule has 92 valence electrons. The predicted molar refractivity (Wildman–Crippen MR) is 77.4 cm³/mol. The molecule has 1 aliphatic heterocycles. The van der Waals surface area contributed by atoms with Crippen molar-refractivity contribution in [2.75, 3.05) is 18.4 Å². The highest BCUT2D eigenvalue weighted by atomic mass is 32.1. The van der Waals surface area contributed by atoms with E-state index in [1.54, 1.807) is 0 Å². The van der Waals surface area contributed by atoms with E-state index in [-0.39, 0.29) is 0 Å². The number of nitrogens with zero attached hydrogens (tertiary/aromatic N) is 1. The lowest BCUT2D eigenvalue weighted by Gasteiger charge is -2.32. The first-order valence-corrected chi connectivity index (χ1v) is 6.69. The Kier molecular flexibility index (Phi) is 4.00. The van der Waals surface area contributed by atoms with Crippen LogP contribution in [0.4, 0.5) is 5.69 Å². The SMILES string of the molecule is Cc1ccccc1NC(=S)N1CCC(C)CC1. The second-order valence-electron chi connectivity index (χ2n) is 4.91.